The molecule has 0 unspecified atom stereocenters. The molecular weight excluding hydrogens is 300 g/mol. The molecule has 1 saturated heterocycles. The maximum Gasteiger partial charge on any atom is 0.151 e. The third-order valence-corrected chi connectivity index (χ3v) is 5.47. The summed E-state index contributed by atoms with van der Waals surface area (Å²) in [4.78, 5) is 2.10. The second-order valence-corrected chi connectivity index (χ2v) is 7.55. The number of hydrogen-bond donors (Lipinski definition) is 0. The highest BCUT2D eigenvalue weighted by Gasteiger charge is 2.31. The number of hydrogen-bond acceptors (Lipinski definition) is 5. The summed E-state index contributed by atoms with van der Waals surface area (Å²) in [6.45, 7) is 5.49. The lowest BCUT2D eigenvalue weighted by Crippen LogP contribution is -2.39. The van der Waals surface area contributed by atoms with E-state index >= 15 is 0 Å². The molecule has 1 heterocycles. The number of ether oxygens (including phenoxy) is 1. The summed E-state index contributed by atoms with van der Waals surface area (Å²) in [7, 11) is -2.89. The standard InChI is InChI=1S/C16H20N2O3S/c1-2-8-18(15-7-11-22(19,20)13-15)9-10-21-16-5-3-14(12-17)4-6-16/h2-6,15H,1,7-11,13H2/t15-/m0/s1. The monoisotopic (exact) mass is 320 g/mol. The number of sulfone groups is 1. The van der Waals surface area contributed by atoms with Crippen molar-refractivity contribution >= 4 is 9.84 Å². The lowest BCUT2D eigenvalue weighted by Gasteiger charge is -2.26. The number of nitriles is 1. The van der Waals surface area contributed by atoms with Gasteiger partial charge in [0.1, 0.15) is 12.4 Å². The van der Waals surface area contributed by atoms with Crippen LogP contribution >= 0.6 is 0 Å². The Hall–Kier alpha value is -1.84. The van der Waals surface area contributed by atoms with Gasteiger partial charge in [-0.1, -0.05) is 6.08 Å². The van der Waals surface area contributed by atoms with Crippen LogP contribution in [0.5, 0.6) is 5.75 Å². The minimum atomic E-state index is -2.89. The van der Waals surface area contributed by atoms with Gasteiger partial charge in [-0.3, -0.25) is 4.90 Å². The van der Waals surface area contributed by atoms with Crippen molar-refractivity contribution in [3.63, 3.8) is 0 Å². The van der Waals surface area contributed by atoms with E-state index in [0.717, 1.165) is 0 Å². The molecule has 0 spiro atoms. The second kappa shape index (κ2) is 7.43. The van der Waals surface area contributed by atoms with E-state index in [9.17, 15) is 8.42 Å². The van der Waals surface area contributed by atoms with Crippen LogP contribution in [0.3, 0.4) is 0 Å². The van der Waals surface area contributed by atoms with Crippen LogP contribution < -0.4 is 4.74 Å². The van der Waals surface area contributed by atoms with Crippen molar-refractivity contribution in [2.45, 2.75) is 12.5 Å². The molecule has 0 bridgehead atoms. The molecule has 1 aromatic carbocycles. The molecule has 6 heteroatoms. The van der Waals surface area contributed by atoms with Gasteiger partial charge in [-0.15, -0.1) is 6.58 Å². The summed E-state index contributed by atoms with van der Waals surface area (Å²) in [6.07, 6.45) is 2.46. The summed E-state index contributed by atoms with van der Waals surface area (Å²) < 4.78 is 28.8. The fourth-order valence-corrected chi connectivity index (χ4v) is 4.32. The Morgan fingerprint density at radius 1 is 1.41 bits per heavy atom. The molecule has 0 radical (unpaired) electrons. The highest BCUT2D eigenvalue weighted by Crippen LogP contribution is 2.18. The molecule has 1 aliphatic heterocycles. The van der Waals surface area contributed by atoms with Gasteiger partial charge in [-0.05, 0) is 30.7 Å². The minimum absolute atomic E-state index is 0.0487. The summed E-state index contributed by atoms with van der Waals surface area (Å²) in [6, 6.07) is 9.05. The van der Waals surface area contributed by atoms with Crippen LogP contribution in [0, 0.1) is 11.3 Å². The normalized spacial score (nSPS) is 19.7. The van der Waals surface area contributed by atoms with Crippen molar-refractivity contribution < 1.29 is 13.2 Å². The molecule has 0 saturated carbocycles. The Kier molecular flexibility index (Phi) is 5.58. The second-order valence-electron chi connectivity index (χ2n) is 5.33. The van der Waals surface area contributed by atoms with Crippen molar-refractivity contribution in [3.8, 4) is 11.8 Å². The van der Waals surface area contributed by atoms with E-state index in [0.29, 0.717) is 37.4 Å². The zero-order chi connectivity index (χ0) is 16.0. The molecule has 1 aromatic rings. The highest BCUT2D eigenvalue weighted by molar-refractivity contribution is 7.91. The van der Waals surface area contributed by atoms with Crippen LogP contribution in [0.2, 0.25) is 0 Å². The van der Waals surface area contributed by atoms with Gasteiger partial charge in [0.05, 0.1) is 23.1 Å². The molecule has 5 nitrogen and oxygen atoms in total. The maximum atomic E-state index is 11.6. The van der Waals surface area contributed by atoms with Crippen LogP contribution in [0.1, 0.15) is 12.0 Å². The fraction of sp³-hybridized carbons (Fsp3) is 0.438. The van der Waals surface area contributed by atoms with Crippen molar-refractivity contribution in [1.82, 2.24) is 4.90 Å². The highest BCUT2D eigenvalue weighted by atomic mass is 32.2. The first-order valence-corrected chi connectivity index (χ1v) is 9.04. The van der Waals surface area contributed by atoms with Gasteiger partial charge in [0, 0.05) is 19.1 Å². The van der Waals surface area contributed by atoms with Crippen LogP contribution in [0.25, 0.3) is 0 Å². The van der Waals surface area contributed by atoms with Gasteiger partial charge in [0.25, 0.3) is 0 Å². The van der Waals surface area contributed by atoms with Crippen LogP contribution in [0.4, 0.5) is 0 Å². The van der Waals surface area contributed by atoms with Crippen molar-refractivity contribution in [3.05, 3.63) is 42.5 Å². The Bertz CT molecular complexity index is 647. The molecule has 0 aliphatic carbocycles. The first-order chi connectivity index (χ1) is 10.5. The van der Waals surface area contributed by atoms with Crippen LogP contribution in [-0.2, 0) is 9.84 Å². The SMILES string of the molecule is C=CCN(CCOc1ccc(C#N)cc1)[C@H]1CCS(=O)(=O)C1. The van der Waals surface area contributed by atoms with Crippen molar-refractivity contribution in [2.75, 3.05) is 31.2 Å². The first-order valence-electron chi connectivity index (χ1n) is 7.22. The van der Waals surface area contributed by atoms with E-state index in [1.165, 1.54) is 0 Å². The van der Waals surface area contributed by atoms with Gasteiger partial charge < -0.3 is 4.74 Å². The quantitative estimate of drug-likeness (QED) is 0.714. The average Bonchev–Trinajstić information content (AvgIpc) is 2.87. The maximum absolute atomic E-state index is 11.6. The molecule has 1 atom stereocenters. The Balaban J connectivity index is 1.86. The van der Waals surface area contributed by atoms with Crippen LogP contribution in [-0.4, -0.2) is 50.6 Å². The molecule has 0 aromatic heterocycles. The predicted molar refractivity (Wildman–Crippen MR) is 85.5 cm³/mol. The van der Waals surface area contributed by atoms with E-state index in [4.69, 9.17) is 10.00 Å². The molecule has 0 N–H and O–H groups in total. The predicted octanol–water partition coefficient (Wildman–Crippen LogP) is 1.61. The topological polar surface area (TPSA) is 70.4 Å². The van der Waals surface area contributed by atoms with E-state index in [-0.39, 0.29) is 17.5 Å². The summed E-state index contributed by atoms with van der Waals surface area (Å²) >= 11 is 0. The Morgan fingerprint density at radius 3 is 2.68 bits per heavy atom. The van der Waals surface area contributed by atoms with E-state index in [1.807, 2.05) is 0 Å². The van der Waals surface area contributed by atoms with Gasteiger partial charge in [-0.2, -0.15) is 5.26 Å². The number of benzene rings is 1. The van der Waals surface area contributed by atoms with E-state index in [1.54, 1.807) is 30.3 Å². The van der Waals surface area contributed by atoms with E-state index in [2.05, 4.69) is 17.5 Å². The summed E-state index contributed by atoms with van der Waals surface area (Å²) in [5, 5.41) is 8.74. The van der Waals surface area contributed by atoms with Crippen LogP contribution in [0.15, 0.2) is 36.9 Å². The van der Waals surface area contributed by atoms with E-state index < -0.39 is 9.84 Å². The molecule has 22 heavy (non-hydrogen) atoms. The van der Waals surface area contributed by atoms with Gasteiger partial charge >= 0.3 is 0 Å². The fourth-order valence-electron chi connectivity index (χ4n) is 2.56. The average molecular weight is 320 g/mol. The zero-order valence-electron chi connectivity index (χ0n) is 12.4. The third-order valence-electron chi connectivity index (χ3n) is 3.72. The third kappa shape index (κ3) is 4.58. The molecular formula is C16H20N2O3S. The molecule has 118 valence electrons. The summed E-state index contributed by atoms with van der Waals surface area (Å²) in [5.41, 5.74) is 0.594. The molecule has 1 fully saturated rings. The van der Waals surface area contributed by atoms with Gasteiger partial charge in [0.15, 0.2) is 9.84 Å². The lowest BCUT2D eigenvalue weighted by molar-refractivity contribution is 0.185. The van der Waals surface area contributed by atoms with Gasteiger partial charge in [0.2, 0.25) is 0 Å². The largest absolute Gasteiger partial charge is 0.492 e. The number of rotatable bonds is 7. The first kappa shape index (κ1) is 16.5. The summed E-state index contributed by atoms with van der Waals surface area (Å²) in [5.74, 6) is 1.19. The minimum Gasteiger partial charge on any atom is -0.492 e. The smallest absolute Gasteiger partial charge is 0.151 e. The van der Waals surface area contributed by atoms with Crippen molar-refractivity contribution in [1.29, 1.82) is 5.26 Å². The Morgan fingerprint density at radius 2 is 2.14 bits per heavy atom. The molecule has 2 rings (SSSR count). The molecule has 1 aliphatic rings. The lowest BCUT2D eigenvalue weighted by atomic mass is 10.2. The van der Waals surface area contributed by atoms with Crippen molar-refractivity contribution in [2.24, 2.45) is 0 Å². The number of nitrogens with zero attached hydrogens (tertiary/aromatic N) is 2. The zero-order valence-corrected chi connectivity index (χ0v) is 13.3. The Labute approximate surface area is 131 Å². The van der Waals surface area contributed by atoms with Gasteiger partial charge in [-0.25, -0.2) is 8.42 Å². The molecule has 0 amide bonds.